The molecule has 0 radical (unpaired) electrons. The summed E-state index contributed by atoms with van der Waals surface area (Å²) in [4.78, 5) is 18.7. The first-order chi connectivity index (χ1) is 15.0. The van der Waals surface area contributed by atoms with Crippen LogP contribution in [0.1, 0.15) is 22.3 Å². The lowest BCUT2D eigenvalue weighted by atomic mass is 10.1. The van der Waals surface area contributed by atoms with Crippen LogP contribution >= 0.6 is 0 Å². The highest BCUT2D eigenvalue weighted by Gasteiger charge is 2.11. The third kappa shape index (κ3) is 6.89. The summed E-state index contributed by atoms with van der Waals surface area (Å²) >= 11 is 0. The Morgan fingerprint density at radius 1 is 1.06 bits per heavy atom. The van der Waals surface area contributed by atoms with E-state index in [2.05, 4.69) is 20.9 Å². The van der Waals surface area contributed by atoms with Crippen molar-refractivity contribution >= 4 is 17.6 Å². The zero-order chi connectivity index (χ0) is 22.1. The van der Waals surface area contributed by atoms with Gasteiger partial charge in [-0.25, -0.2) is 0 Å². The Labute approximate surface area is 183 Å². The van der Waals surface area contributed by atoms with Gasteiger partial charge in [-0.2, -0.15) is 0 Å². The van der Waals surface area contributed by atoms with E-state index in [-0.39, 0.29) is 5.91 Å². The van der Waals surface area contributed by atoms with Crippen molar-refractivity contribution in [2.45, 2.75) is 13.0 Å². The molecule has 2 aromatic rings. The topological polar surface area (TPSA) is 87.2 Å². The molecule has 3 rings (SSSR count). The number of nitrogens with one attached hydrogen (secondary N) is 3. The second-order valence-electron chi connectivity index (χ2n) is 7.52. The molecule has 0 spiro atoms. The third-order valence-corrected chi connectivity index (χ3v) is 4.73. The van der Waals surface area contributed by atoms with E-state index in [1.54, 1.807) is 7.05 Å². The standard InChI is InChI=1S/C23H31N5O3/c1-24-23(27-19-8-9-20-21(15-19)31-13-5-12-30-20)26-16-17-6-4-7-18(14-17)22(29)25-10-11-28(2)3/h4,6-9,14-15H,5,10-13,16H2,1-3H3,(H,25,29)(H2,24,26,27). The average molecular weight is 426 g/mol. The Balaban J connectivity index is 1.56. The molecule has 0 fully saturated rings. The van der Waals surface area contributed by atoms with E-state index in [9.17, 15) is 4.79 Å². The zero-order valence-electron chi connectivity index (χ0n) is 18.4. The summed E-state index contributed by atoms with van der Waals surface area (Å²) in [6, 6.07) is 13.3. The molecular formula is C23H31N5O3. The summed E-state index contributed by atoms with van der Waals surface area (Å²) in [5.41, 5.74) is 2.48. The molecular weight excluding hydrogens is 394 g/mol. The van der Waals surface area contributed by atoms with Crippen LogP contribution in [-0.4, -0.2) is 64.2 Å². The van der Waals surface area contributed by atoms with Gasteiger partial charge in [0, 0.05) is 50.4 Å². The van der Waals surface area contributed by atoms with Crippen LogP contribution in [0, 0.1) is 0 Å². The van der Waals surface area contributed by atoms with Crippen LogP contribution in [0.5, 0.6) is 11.5 Å². The van der Waals surface area contributed by atoms with Gasteiger partial charge in [-0.15, -0.1) is 0 Å². The Morgan fingerprint density at radius 2 is 1.87 bits per heavy atom. The molecule has 0 saturated carbocycles. The smallest absolute Gasteiger partial charge is 0.251 e. The highest BCUT2D eigenvalue weighted by molar-refractivity contribution is 5.95. The Morgan fingerprint density at radius 3 is 2.65 bits per heavy atom. The molecule has 0 aromatic heterocycles. The Bertz CT molecular complexity index is 914. The lowest BCUT2D eigenvalue weighted by Gasteiger charge is -2.14. The summed E-state index contributed by atoms with van der Waals surface area (Å²) in [5.74, 6) is 2.03. The third-order valence-electron chi connectivity index (χ3n) is 4.73. The molecule has 166 valence electrons. The number of amides is 1. The number of likely N-dealkylation sites (N-methyl/N-ethyl adjacent to an activating group) is 1. The number of aliphatic imine (C=N–C) groups is 1. The maximum Gasteiger partial charge on any atom is 0.251 e. The highest BCUT2D eigenvalue weighted by atomic mass is 16.5. The fraction of sp³-hybridized carbons (Fsp3) is 0.391. The van der Waals surface area contributed by atoms with E-state index in [0.29, 0.717) is 37.8 Å². The number of carbonyl (C=O) groups is 1. The van der Waals surface area contributed by atoms with E-state index >= 15 is 0 Å². The van der Waals surface area contributed by atoms with Gasteiger partial charge in [0.2, 0.25) is 0 Å². The molecule has 8 heteroatoms. The highest BCUT2D eigenvalue weighted by Crippen LogP contribution is 2.32. The fourth-order valence-corrected chi connectivity index (χ4v) is 3.06. The predicted molar refractivity (Wildman–Crippen MR) is 123 cm³/mol. The van der Waals surface area contributed by atoms with Crippen LogP contribution in [-0.2, 0) is 6.54 Å². The van der Waals surface area contributed by atoms with Gasteiger partial charge in [0.1, 0.15) is 0 Å². The van der Waals surface area contributed by atoms with Gasteiger partial charge in [-0.3, -0.25) is 9.79 Å². The number of benzene rings is 2. The second kappa shape index (κ2) is 11.2. The van der Waals surface area contributed by atoms with Gasteiger partial charge >= 0.3 is 0 Å². The molecule has 0 aliphatic carbocycles. The van der Waals surface area contributed by atoms with Crippen LogP contribution in [0.3, 0.4) is 0 Å². The number of nitrogens with zero attached hydrogens (tertiary/aromatic N) is 2. The van der Waals surface area contributed by atoms with Crippen molar-refractivity contribution < 1.29 is 14.3 Å². The number of anilines is 1. The molecule has 2 aromatic carbocycles. The first-order valence-electron chi connectivity index (χ1n) is 10.4. The number of hydrogen-bond acceptors (Lipinski definition) is 5. The van der Waals surface area contributed by atoms with E-state index in [4.69, 9.17) is 9.47 Å². The number of hydrogen-bond donors (Lipinski definition) is 3. The van der Waals surface area contributed by atoms with Crippen LogP contribution in [0.15, 0.2) is 47.5 Å². The molecule has 31 heavy (non-hydrogen) atoms. The van der Waals surface area contributed by atoms with Crippen LogP contribution in [0.25, 0.3) is 0 Å². The fourth-order valence-electron chi connectivity index (χ4n) is 3.06. The SMILES string of the molecule is CN=C(NCc1cccc(C(=O)NCCN(C)C)c1)Nc1ccc2c(c1)OCCCO2. The van der Waals surface area contributed by atoms with Crippen LogP contribution in [0.4, 0.5) is 5.69 Å². The molecule has 0 unspecified atom stereocenters. The summed E-state index contributed by atoms with van der Waals surface area (Å²) in [6.07, 6.45) is 0.868. The van der Waals surface area contributed by atoms with Gasteiger partial charge in [0.25, 0.3) is 5.91 Å². The maximum absolute atomic E-state index is 12.3. The lowest BCUT2D eigenvalue weighted by Crippen LogP contribution is -2.32. The molecule has 0 bridgehead atoms. The number of guanidine groups is 1. The van der Waals surface area contributed by atoms with Crippen molar-refractivity contribution in [2.75, 3.05) is 52.8 Å². The number of rotatable bonds is 7. The lowest BCUT2D eigenvalue weighted by molar-refractivity contribution is 0.0951. The van der Waals surface area contributed by atoms with Crippen LogP contribution in [0.2, 0.25) is 0 Å². The summed E-state index contributed by atoms with van der Waals surface area (Å²) in [7, 11) is 5.67. The monoisotopic (exact) mass is 425 g/mol. The van der Waals surface area contributed by atoms with E-state index < -0.39 is 0 Å². The van der Waals surface area contributed by atoms with Gasteiger partial charge < -0.3 is 30.3 Å². The quantitative estimate of drug-likeness (QED) is 0.466. The van der Waals surface area contributed by atoms with Gasteiger partial charge in [-0.05, 0) is 43.9 Å². The minimum Gasteiger partial charge on any atom is -0.490 e. The summed E-state index contributed by atoms with van der Waals surface area (Å²) < 4.78 is 11.4. The van der Waals surface area contributed by atoms with E-state index in [1.165, 1.54) is 0 Å². The minimum absolute atomic E-state index is 0.0709. The minimum atomic E-state index is -0.0709. The Hall–Kier alpha value is -3.26. The maximum atomic E-state index is 12.3. The van der Waals surface area contributed by atoms with Crippen molar-refractivity contribution in [2.24, 2.45) is 4.99 Å². The number of carbonyl (C=O) groups excluding carboxylic acids is 1. The van der Waals surface area contributed by atoms with E-state index in [1.807, 2.05) is 61.5 Å². The Kier molecular flexibility index (Phi) is 8.12. The van der Waals surface area contributed by atoms with Gasteiger partial charge in [-0.1, -0.05) is 12.1 Å². The second-order valence-corrected chi connectivity index (χ2v) is 7.52. The van der Waals surface area contributed by atoms with Gasteiger partial charge in [0.05, 0.1) is 13.2 Å². The summed E-state index contributed by atoms with van der Waals surface area (Å²) in [6.45, 7) is 3.25. The number of ether oxygens (including phenoxy) is 2. The molecule has 1 amide bonds. The predicted octanol–water partition coefficient (Wildman–Crippen LogP) is 2.33. The molecule has 8 nitrogen and oxygen atoms in total. The first kappa shape index (κ1) is 22.4. The van der Waals surface area contributed by atoms with E-state index in [0.717, 1.165) is 35.7 Å². The molecule has 0 saturated heterocycles. The van der Waals surface area contributed by atoms with Gasteiger partial charge in [0.15, 0.2) is 17.5 Å². The average Bonchev–Trinajstić information content (AvgIpc) is 3.01. The first-order valence-corrected chi connectivity index (χ1v) is 10.4. The number of fused-ring (bicyclic) bond motifs is 1. The van der Waals surface area contributed by atoms with Crippen molar-refractivity contribution in [1.82, 2.24) is 15.5 Å². The molecule has 0 atom stereocenters. The van der Waals surface area contributed by atoms with Crippen molar-refractivity contribution in [3.8, 4) is 11.5 Å². The molecule has 3 N–H and O–H groups in total. The zero-order valence-corrected chi connectivity index (χ0v) is 18.4. The molecule has 1 heterocycles. The summed E-state index contributed by atoms with van der Waals surface area (Å²) in [5, 5.41) is 9.48. The normalized spacial score (nSPS) is 13.5. The molecule has 1 aliphatic rings. The molecule has 1 aliphatic heterocycles. The van der Waals surface area contributed by atoms with Crippen molar-refractivity contribution in [3.63, 3.8) is 0 Å². The largest absolute Gasteiger partial charge is 0.490 e. The van der Waals surface area contributed by atoms with Crippen molar-refractivity contribution in [1.29, 1.82) is 0 Å². The van der Waals surface area contributed by atoms with Crippen LogP contribution < -0.4 is 25.4 Å². The van der Waals surface area contributed by atoms with Crippen molar-refractivity contribution in [3.05, 3.63) is 53.6 Å².